The molecule has 1 aliphatic heterocycles. The molecule has 2 N–H and O–H groups in total. The first-order chi connectivity index (χ1) is 11.1. The summed E-state index contributed by atoms with van der Waals surface area (Å²) >= 11 is 0. The zero-order valence-electron chi connectivity index (χ0n) is 13.4. The first-order valence-corrected chi connectivity index (χ1v) is 8.57. The van der Waals surface area contributed by atoms with Crippen molar-refractivity contribution in [2.45, 2.75) is 37.7 Å². The molecule has 1 aromatic rings. The highest BCUT2D eigenvalue weighted by Crippen LogP contribution is 2.48. The number of carbonyl (C=O) groups excluding carboxylic acids is 1. The van der Waals surface area contributed by atoms with Crippen molar-refractivity contribution >= 4 is 5.91 Å². The van der Waals surface area contributed by atoms with E-state index in [-0.39, 0.29) is 29.7 Å². The Kier molecular flexibility index (Phi) is 5.28. The van der Waals surface area contributed by atoms with Gasteiger partial charge in [-0.25, -0.2) is 4.39 Å². The van der Waals surface area contributed by atoms with Gasteiger partial charge in [0.1, 0.15) is 5.82 Å². The molecule has 1 amide bonds. The Morgan fingerprint density at radius 3 is 2.78 bits per heavy atom. The number of aliphatic hydroxyl groups is 1. The number of halogens is 1. The van der Waals surface area contributed by atoms with Crippen LogP contribution in [0.15, 0.2) is 24.3 Å². The number of carbonyl (C=O) groups is 1. The molecule has 0 radical (unpaired) electrons. The summed E-state index contributed by atoms with van der Waals surface area (Å²) in [5, 5.41) is 12.4. The lowest BCUT2D eigenvalue weighted by atomic mass is 10.1. The smallest absolute Gasteiger partial charge is 0.223 e. The molecule has 1 saturated heterocycles. The summed E-state index contributed by atoms with van der Waals surface area (Å²) in [6.07, 6.45) is 3.21. The number of nitrogens with zero attached hydrogens (tertiary/aromatic N) is 1. The summed E-state index contributed by atoms with van der Waals surface area (Å²) in [6, 6.07) is 6.73. The average molecular weight is 320 g/mol. The molecule has 2 unspecified atom stereocenters. The first kappa shape index (κ1) is 16.4. The minimum absolute atomic E-state index is 0.0415. The Balaban J connectivity index is 1.34. The van der Waals surface area contributed by atoms with Crippen molar-refractivity contribution in [3.63, 3.8) is 0 Å². The number of piperidine rings is 1. The van der Waals surface area contributed by atoms with E-state index in [4.69, 9.17) is 0 Å². The standard InChI is InChI=1S/C18H25FN2O2/c19-17-5-2-1-4-14(17)15-12-16(15)18(23)20-8-3-9-21-10-6-13(22)7-11-21/h1-2,4-5,13,15-16,22H,3,6-12H2,(H,20,23). The van der Waals surface area contributed by atoms with E-state index < -0.39 is 0 Å². The Bertz CT molecular complexity index is 544. The SMILES string of the molecule is O=C(NCCCN1CCC(O)CC1)C1CC1c1ccccc1F. The third-order valence-corrected chi connectivity index (χ3v) is 4.94. The quantitative estimate of drug-likeness (QED) is 0.787. The van der Waals surface area contributed by atoms with Crippen LogP contribution in [0.4, 0.5) is 4.39 Å². The van der Waals surface area contributed by atoms with Crippen LogP contribution in [0.2, 0.25) is 0 Å². The van der Waals surface area contributed by atoms with Gasteiger partial charge in [-0.1, -0.05) is 18.2 Å². The molecule has 4 nitrogen and oxygen atoms in total. The number of hydrogen-bond donors (Lipinski definition) is 2. The van der Waals surface area contributed by atoms with Gasteiger partial charge in [-0.05, 0) is 49.8 Å². The normalized spacial score (nSPS) is 25.3. The van der Waals surface area contributed by atoms with Crippen molar-refractivity contribution in [1.29, 1.82) is 0 Å². The highest BCUT2D eigenvalue weighted by atomic mass is 19.1. The fourth-order valence-electron chi connectivity index (χ4n) is 3.39. The van der Waals surface area contributed by atoms with Gasteiger partial charge in [0.2, 0.25) is 5.91 Å². The van der Waals surface area contributed by atoms with Gasteiger partial charge in [-0.3, -0.25) is 4.79 Å². The van der Waals surface area contributed by atoms with E-state index in [0.717, 1.165) is 45.3 Å². The van der Waals surface area contributed by atoms with Crippen LogP contribution >= 0.6 is 0 Å². The lowest BCUT2D eigenvalue weighted by Gasteiger charge is -2.29. The van der Waals surface area contributed by atoms with Gasteiger partial charge in [0, 0.05) is 25.6 Å². The molecular weight excluding hydrogens is 295 g/mol. The maximum absolute atomic E-state index is 13.7. The molecule has 126 valence electrons. The van der Waals surface area contributed by atoms with Crippen LogP contribution in [0.3, 0.4) is 0 Å². The van der Waals surface area contributed by atoms with Crippen molar-refractivity contribution in [3.8, 4) is 0 Å². The lowest BCUT2D eigenvalue weighted by Crippen LogP contribution is -2.37. The Morgan fingerprint density at radius 2 is 2.04 bits per heavy atom. The molecule has 2 atom stereocenters. The van der Waals surface area contributed by atoms with Crippen LogP contribution in [0, 0.1) is 11.7 Å². The Labute approximate surface area is 136 Å². The highest BCUT2D eigenvalue weighted by Gasteiger charge is 2.44. The Hall–Kier alpha value is -1.46. The van der Waals surface area contributed by atoms with Crippen LogP contribution in [0.1, 0.15) is 37.2 Å². The van der Waals surface area contributed by atoms with E-state index in [1.54, 1.807) is 12.1 Å². The van der Waals surface area contributed by atoms with Gasteiger partial charge >= 0.3 is 0 Å². The molecule has 3 rings (SSSR count). The second kappa shape index (κ2) is 7.41. The van der Waals surface area contributed by atoms with Crippen molar-refractivity contribution < 1.29 is 14.3 Å². The summed E-state index contributed by atoms with van der Waals surface area (Å²) in [6.45, 7) is 3.49. The second-order valence-electron chi connectivity index (χ2n) is 6.69. The van der Waals surface area contributed by atoms with Gasteiger partial charge in [-0.2, -0.15) is 0 Å². The molecule has 2 fully saturated rings. The number of aliphatic hydroxyl groups excluding tert-OH is 1. The topological polar surface area (TPSA) is 52.6 Å². The molecule has 1 aromatic carbocycles. The predicted molar refractivity (Wildman–Crippen MR) is 86.6 cm³/mol. The summed E-state index contributed by atoms with van der Waals surface area (Å²) in [5.74, 6) is -0.191. The fraction of sp³-hybridized carbons (Fsp3) is 0.611. The van der Waals surface area contributed by atoms with E-state index in [1.807, 2.05) is 6.07 Å². The van der Waals surface area contributed by atoms with Crippen molar-refractivity contribution in [2.75, 3.05) is 26.2 Å². The molecule has 2 aliphatic rings. The van der Waals surface area contributed by atoms with Crippen LogP contribution in [0.25, 0.3) is 0 Å². The molecular formula is C18H25FN2O2. The summed E-state index contributed by atoms with van der Waals surface area (Å²) in [4.78, 5) is 14.4. The highest BCUT2D eigenvalue weighted by molar-refractivity contribution is 5.82. The third kappa shape index (κ3) is 4.30. The number of rotatable bonds is 6. The number of nitrogens with one attached hydrogen (secondary N) is 1. The maximum atomic E-state index is 13.7. The number of amides is 1. The monoisotopic (exact) mass is 320 g/mol. The van der Waals surface area contributed by atoms with Crippen molar-refractivity contribution in [2.24, 2.45) is 5.92 Å². The summed E-state index contributed by atoms with van der Waals surface area (Å²) in [5.41, 5.74) is 0.666. The molecule has 23 heavy (non-hydrogen) atoms. The number of benzene rings is 1. The van der Waals surface area contributed by atoms with E-state index in [0.29, 0.717) is 12.1 Å². The zero-order chi connectivity index (χ0) is 16.2. The number of likely N-dealkylation sites (tertiary alicyclic amines) is 1. The van der Waals surface area contributed by atoms with Gasteiger partial charge in [0.15, 0.2) is 0 Å². The minimum atomic E-state index is -0.208. The van der Waals surface area contributed by atoms with Gasteiger partial charge < -0.3 is 15.3 Å². The summed E-state index contributed by atoms with van der Waals surface area (Å²) < 4.78 is 13.7. The second-order valence-corrected chi connectivity index (χ2v) is 6.69. The average Bonchev–Trinajstić information content (AvgIpc) is 3.34. The Morgan fingerprint density at radius 1 is 1.30 bits per heavy atom. The van der Waals surface area contributed by atoms with Gasteiger partial charge in [0.05, 0.1) is 6.10 Å². The molecule has 1 heterocycles. The van der Waals surface area contributed by atoms with Gasteiger partial charge in [-0.15, -0.1) is 0 Å². The minimum Gasteiger partial charge on any atom is -0.393 e. The molecule has 5 heteroatoms. The first-order valence-electron chi connectivity index (χ1n) is 8.57. The molecule has 1 saturated carbocycles. The van der Waals surface area contributed by atoms with Crippen molar-refractivity contribution in [3.05, 3.63) is 35.6 Å². The van der Waals surface area contributed by atoms with Crippen LogP contribution in [-0.2, 0) is 4.79 Å². The molecule has 1 aliphatic carbocycles. The van der Waals surface area contributed by atoms with E-state index in [1.165, 1.54) is 6.07 Å². The van der Waals surface area contributed by atoms with Crippen LogP contribution in [-0.4, -0.2) is 48.2 Å². The van der Waals surface area contributed by atoms with Crippen LogP contribution in [0.5, 0.6) is 0 Å². The van der Waals surface area contributed by atoms with E-state index in [9.17, 15) is 14.3 Å². The third-order valence-electron chi connectivity index (χ3n) is 4.94. The fourth-order valence-corrected chi connectivity index (χ4v) is 3.39. The molecule has 0 spiro atoms. The molecule has 0 aromatic heterocycles. The molecule has 0 bridgehead atoms. The van der Waals surface area contributed by atoms with Gasteiger partial charge in [0.25, 0.3) is 0 Å². The maximum Gasteiger partial charge on any atom is 0.223 e. The van der Waals surface area contributed by atoms with E-state index >= 15 is 0 Å². The largest absolute Gasteiger partial charge is 0.393 e. The van der Waals surface area contributed by atoms with Crippen LogP contribution < -0.4 is 5.32 Å². The predicted octanol–water partition coefficient (Wildman–Crippen LogP) is 1.89. The zero-order valence-corrected chi connectivity index (χ0v) is 13.4. The lowest BCUT2D eigenvalue weighted by molar-refractivity contribution is -0.122. The number of hydrogen-bond acceptors (Lipinski definition) is 3. The van der Waals surface area contributed by atoms with E-state index in [2.05, 4.69) is 10.2 Å². The van der Waals surface area contributed by atoms with Crippen molar-refractivity contribution in [1.82, 2.24) is 10.2 Å². The summed E-state index contributed by atoms with van der Waals surface area (Å²) in [7, 11) is 0.